The van der Waals surface area contributed by atoms with Crippen LogP contribution in [0.2, 0.25) is 5.15 Å². The third-order valence-electron chi connectivity index (χ3n) is 4.21. The van der Waals surface area contributed by atoms with Gasteiger partial charge in [-0.2, -0.15) is 5.10 Å². The SMILES string of the molecule is Cc1nn(Cc2ccccc2)c(Cl)c1C(=O)NCc1nc2ccccc2s1. The summed E-state index contributed by atoms with van der Waals surface area (Å²) in [5.74, 6) is -0.240. The number of carbonyl (C=O) groups excluding carboxylic acids is 1. The van der Waals surface area contributed by atoms with E-state index in [1.807, 2.05) is 54.6 Å². The highest BCUT2D eigenvalue weighted by atomic mass is 35.5. The Bertz CT molecular complexity index is 1070. The molecule has 0 spiro atoms. The summed E-state index contributed by atoms with van der Waals surface area (Å²) in [5, 5.41) is 8.54. The van der Waals surface area contributed by atoms with Crippen molar-refractivity contribution < 1.29 is 4.79 Å². The quantitative estimate of drug-likeness (QED) is 0.542. The first-order valence-electron chi connectivity index (χ1n) is 8.51. The monoisotopic (exact) mass is 396 g/mol. The number of carbonyl (C=O) groups is 1. The summed E-state index contributed by atoms with van der Waals surface area (Å²) in [7, 11) is 0. The van der Waals surface area contributed by atoms with Crippen LogP contribution in [0, 0.1) is 6.92 Å². The molecule has 0 saturated heterocycles. The van der Waals surface area contributed by atoms with Gasteiger partial charge in [-0.15, -0.1) is 11.3 Å². The minimum Gasteiger partial charge on any atom is -0.345 e. The number of rotatable bonds is 5. The van der Waals surface area contributed by atoms with Crippen molar-refractivity contribution in [3.05, 3.63) is 81.6 Å². The van der Waals surface area contributed by atoms with Crippen LogP contribution in [0.15, 0.2) is 54.6 Å². The molecule has 0 aliphatic heterocycles. The number of aromatic nitrogens is 3. The fraction of sp³-hybridized carbons (Fsp3) is 0.150. The van der Waals surface area contributed by atoms with Crippen LogP contribution in [0.3, 0.4) is 0 Å². The highest BCUT2D eigenvalue weighted by Gasteiger charge is 2.20. The Hall–Kier alpha value is -2.70. The minimum absolute atomic E-state index is 0.240. The highest BCUT2D eigenvalue weighted by molar-refractivity contribution is 7.18. The number of nitrogens with zero attached hydrogens (tertiary/aromatic N) is 3. The summed E-state index contributed by atoms with van der Waals surface area (Å²) in [5.41, 5.74) is 3.03. The second-order valence-corrected chi connectivity index (χ2v) is 7.63. The zero-order valence-corrected chi connectivity index (χ0v) is 16.2. The van der Waals surface area contributed by atoms with Crippen LogP contribution in [0.4, 0.5) is 0 Å². The van der Waals surface area contributed by atoms with E-state index in [0.29, 0.717) is 29.5 Å². The van der Waals surface area contributed by atoms with Crippen molar-refractivity contribution in [3.8, 4) is 0 Å². The van der Waals surface area contributed by atoms with Crippen molar-refractivity contribution in [1.82, 2.24) is 20.1 Å². The fourth-order valence-electron chi connectivity index (χ4n) is 2.91. The molecule has 2 aromatic carbocycles. The number of aryl methyl sites for hydroxylation is 1. The topological polar surface area (TPSA) is 59.8 Å². The molecule has 0 radical (unpaired) electrons. The van der Waals surface area contributed by atoms with Crippen molar-refractivity contribution in [2.75, 3.05) is 0 Å². The Kier molecular flexibility index (Phi) is 4.92. The second-order valence-electron chi connectivity index (χ2n) is 6.15. The van der Waals surface area contributed by atoms with Gasteiger partial charge in [0.1, 0.15) is 10.2 Å². The average molecular weight is 397 g/mol. The second kappa shape index (κ2) is 7.50. The molecular formula is C20H17ClN4OS. The van der Waals surface area contributed by atoms with Crippen LogP contribution in [0.25, 0.3) is 10.2 Å². The van der Waals surface area contributed by atoms with E-state index in [0.717, 1.165) is 20.8 Å². The van der Waals surface area contributed by atoms with Gasteiger partial charge in [-0.25, -0.2) is 9.67 Å². The van der Waals surface area contributed by atoms with Gasteiger partial charge in [0, 0.05) is 0 Å². The molecule has 5 nitrogen and oxygen atoms in total. The molecule has 7 heteroatoms. The van der Waals surface area contributed by atoms with Crippen molar-refractivity contribution in [2.24, 2.45) is 0 Å². The zero-order chi connectivity index (χ0) is 18.8. The molecule has 0 fully saturated rings. The van der Waals surface area contributed by atoms with Gasteiger partial charge in [0.2, 0.25) is 0 Å². The number of hydrogen-bond donors (Lipinski definition) is 1. The maximum absolute atomic E-state index is 12.7. The predicted octanol–water partition coefficient (Wildman–Crippen LogP) is 4.43. The summed E-state index contributed by atoms with van der Waals surface area (Å²) in [4.78, 5) is 17.2. The largest absolute Gasteiger partial charge is 0.345 e. The van der Waals surface area contributed by atoms with Gasteiger partial charge in [0.15, 0.2) is 0 Å². The first kappa shape index (κ1) is 17.7. The molecule has 0 aliphatic rings. The maximum Gasteiger partial charge on any atom is 0.256 e. The number of halogens is 1. The summed E-state index contributed by atoms with van der Waals surface area (Å²) < 4.78 is 2.75. The number of amides is 1. The third kappa shape index (κ3) is 3.72. The van der Waals surface area contributed by atoms with Crippen molar-refractivity contribution in [1.29, 1.82) is 0 Å². The molecule has 0 saturated carbocycles. The molecule has 1 N–H and O–H groups in total. The molecule has 0 aliphatic carbocycles. The van der Waals surface area contributed by atoms with Crippen LogP contribution in [0.1, 0.15) is 26.6 Å². The van der Waals surface area contributed by atoms with E-state index in [-0.39, 0.29) is 5.91 Å². The van der Waals surface area contributed by atoms with Crippen molar-refractivity contribution in [3.63, 3.8) is 0 Å². The van der Waals surface area contributed by atoms with E-state index in [1.165, 1.54) is 0 Å². The van der Waals surface area contributed by atoms with E-state index in [1.54, 1.807) is 22.9 Å². The van der Waals surface area contributed by atoms with Gasteiger partial charge >= 0.3 is 0 Å². The molecule has 0 unspecified atom stereocenters. The lowest BCUT2D eigenvalue weighted by molar-refractivity contribution is 0.0950. The Morgan fingerprint density at radius 2 is 1.89 bits per heavy atom. The molecule has 136 valence electrons. The molecule has 1 amide bonds. The number of thiazole rings is 1. The van der Waals surface area contributed by atoms with E-state index < -0.39 is 0 Å². The van der Waals surface area contributed by atoms with E-state index >= 15 is 0 Å². The fourth-order valence-corrected chi connectivity index (χ4v) is 4.14. The molecule has 2 aromatic heterocycles. The normalized spacial score (nSPS) is 11.0. The van der Waals surface area contributed by atoms with Crippen LogP contribution >= 0.6 is 22.9 Å². The van der Waals surface area contributed by atoms with Gasteiger partial charge in [0.25, 0.3) is 5.91 Å². The number of hydrogen-bond acceptors (Lipinski definition) is 4. The lowest BCUT2D eigenvalue weighted by Crippen LogP contribution is -2.23. The number of benzene rings is 2. The van der Waals surface area contributed by atoms with Gasteiger partial charge in [-0.3, -0.25) is 4.79 Å². The van der Waals surface area contributed by atoms with E-state index in [9.17, 15) is 4.79 Å². The van der Waals surface area contributed by atoms with Gasteiger partial charge in [-0.05, 0) is 24.6 Å². The first-order chi connectivity index (χ1) is 13.1. The summed E-state index contributed by atoms with van der Waals surface area (Å²) in [6.07, 6.45) is 0. The summed E-state index contributed by atoms with van der Waals surface area (Å²) in [6, 6.07) is 17.8. The standard InChI is InChI=1S/C20H17ClN4OS/c1-13-18(19(21)25(24-13)12-14-7-3-2-4-8-14)20(26)22-11-17-23-15-9-5-6-10-16(15)27-17/h2-10H,11-12H2,1H3,(H,22,26). The zero-order valence-electron chi connectivity index (χ0n) is 14.6. The lowest BCUT2D eigenvalue weighted by Gasteiger charge is -2.05. The van der Waals surface area contributed by atoms with Crippen LogP contribution in [0.5, 0.6) is 0 Å². The maximum atomic E-state index is 12.7. The van der Waals surface area contributed by atoms with E-state index in [2.05, 4.69) is 15.4 Å². The molecule has 4 aromatic rings. The Morgan fingerprint density at radius 3 is 2.67 bits per heavy atom. The van der Waals surface area contributed by atoms with Gasteiger partial charge in [0.05, 0.1) is 34.6 Å². The number of para-hydroxylation sites is 1. The molecule has 0 atom stereocenters. The predicted molar refractivity (Wildman–Crippen MR) is 108 cm³/mol. The number of fused-ring (bicyclic) bond motifs is 1. The van der Waals surface area contributed by atoms with Gasteiger partial charge < -0.3 is 5.32 Å². The Morgan fingerprint density at radius 1 is 1.15 bits per heavy atom. The summed E-state index contributed by atoms with van der Waals surface area (Å²) >= 11 is 8.02. The molecule has 4 rings (SSSR count). The Balaban J connectivity index is 1.49. The van der Waals surface area contributed by atoms with Crippen LogP contribution in [-0.2, 0) is 13.1 Å². The average Bonchev–Trinajstić information content (AvgIpc) is 3.21. The smallest absolute Gasteiger partial charge is 0.256 e. The van der Waals surface area contributed by atoms with Crippen molar-refractivity contribution in [2.45, 2.75) is 20.0 Å². The molecule has 0 bridgehead atoms. The number of nitrogens with one attached hydrogen (secondary N) is 1. The molecule has 2 heterocycles. The van der Waals surface area contributed by atoms with Crippen molar-refractivity contribution >= 4 is 39.1 Å². The third-order valence-corrected chi connectivity index (χ3v) is 5.63. The first-order valence-corrected chi connectivity index (χ1v) is 9.71. The minimum atomic E-state index is -0.240. The molecular weight excluding hydrogens is 380 g/mol. The van der Waals surface area contributed by atoms with E-state index in [4.69, 9.17) is 11.6 Å². The van der Waals surface area contributed by atoms with Crippen LogP contribution < -0.4 is 5.32 Å². The lowest BCUT2D eigenvalue weighted by atomic mass is 10.2. The Labute approximate surface area is 165 Å². The highest BCUT2D eigenvalue weighted by Crippen LogP contribution is 2.23. The van der Waals surface area contributed by atoms with Gasteiger partial charge in [-0.1, -0.05) is 54.1 Å². The van der Waals surface area contributed by atoms with Crippen LogP contribution in [-0.4, -0.2) is 20.7 Å². The summed E-state index contributed by atoms with van der Waals surface area (Å²) in [6.45, 7) is 2.67. The molecule has 27 heavy (non-hydrogen) atoms.